The van der Waals surface area contributed by atoms with Gasteiger partial charge >= 0.3 is 5.97 Å². The van der Waals surface area contributed by atoms with Gasteiger partial charge in [-0.1, -0.05) is 28.1 Å². The number of hydrogen-bond acceptors (Lipinski definition) is 3. The van der Waals surface area contributed by atoms with E-state index < -0.39 is 16.0 Å². The van der Waals surface area contributed by atoms with Gasteiger partial charge in [0.15, 0.2) is 0 Å². The minimum absolute atomic E-state index is 0.192. The Morgan fingerprint density at radius 3 is 2.63 bits per heavy atom. The van der Waals surface area contributed by atoms with Crippen molar-refractivity contribution in [2.75, 3.05) is 6.54 Å². The molecule has 148 valence electrons. The molecule has 0 aliphatic heterocycles. The number of rotatable bonds is 9. The van der Waals surface area contributed by atoms with Gasteiger partial charge in [0.1, 0.15) is 0 Å². The van der Waals surface area contributed by atoms with Crippen LogP contribution in [0.4, 0.5) is 0 Å². The zero-order valence-electron chi connectivity index (χ0n) is 15.2. The number of carboxylic acid groups (broad SMARTS) is 1. The highest BCUT2D eigenvalue weighted by Crippen LogP contribution is 2.52. The molecule has 0 aromatic heterocycles. The molecule has 0 radical (unpaired) electrons. The van der Waals surface area contributed by atoms with E-state index in [4.69, 9.17) is 5.11 Å². The quantitative estimate of drug-likeness (QED) is 0.431. The standard InChI is InChI=1S/C20H26BrNO4S/c21-16-8-10-17(11-9-16)27(25,26)22-13-19-15-7-6-14(12-15)18(19)4-2-1-3-5-20(23)24/h2,4,8-11,14-15,18-19,22H,1,3,5-7,12-13H2,(H,23,24). The van der Waals surface area contributed by atoms with Crippen molar-refractivity contribution in [2.24, 2.45) is 23.7 Å². The lowest BCUT2D eigenvalue weighted by Gasteiger charge is -2.29. The van der Waals surface area contributed by atoms with Crippen LogP contribution in [-0.4, -0.2) is 26.0 Å². The molecule has 1 aromatic carbocycles. The van der Waals surface area contributed by atoms with Crippen molar-refractivity contribution in [1.29, 1.82) is 0 Å². The Bertz CT molecular complexity index is 791. The van der Waals surface area contributed by atoms with Crippen LogP contribution in [0.1, 0.15) is 38.5 Å². The third-order valence-electron chi connectivity index (χ3n) is 5.91. The number of nitrogens with one attached hydrogen (secondary N) is 1. The van der Waals surface area contributed by atoms with E-state index in [9.17, 15) is 13.2 Å². The molecule has 4 atom stereocenters. The van der Waals surface area contributed by atoms with Gasteiger partial charge in [0.2, 0.25) is 10.0 Å². The summed E-state index contributed by atoms with van der Waals surface area (Å²) in [6, 6.07) is 6.67. The Hall–Kier alpha value is -1.18. The van der Waals surface area contributed by atoms with Crippen molar-refractivity contribution < 1.29 is 18.3 Å². The van der Waals surface area contributed by atoms with Crippen LogP contribution in [0.25, 0.3) is 0 Å². The highest BCUT2D eigenvalue weighted by molar-refractivity contribution is 9.10. The van der Waals surface area contributed by atoms with E-state index in [-0.39, 0.29) is 11.3 Å². The molecule has 27 heavy (non-hydrogen) atoms. The van der Waals surface area contributed by atoms with Crippen molar-refractivity contribution in [1.82, 2.24) is 4.72 Å². The first-order valence-corrected chi connectivity index (χ1v) is 11.8. The predicted octanol–water partition coefficient (Wildman–Crippen LogP) is 4.20. The minimum Gasteiger partial charge on any atom is -0.481 e. The Morgan fingerprint density at radius 1 is 1.22 bits per heavy atom. The van der Waals surface area contributed by atoms with Gasteiger partial charge in [0, 0.05) is 17.4 Å². The summed E-state index contributed by atoms with van der Waals surface area (Å²) in [7, 11) is -3.50. The molecule has 2 saturated carbocycles. The molecule has 0 spiro atoms. The first-order valence-electron chi connectivity index (χ1n) is 9.50. The first-order chi connectivity index (χ1) is 12.9. The second-order valence-corrected chi connectivity index (χ2v) is 10.3. The molecule has 2 aliphatic rings. The van der Waals surface area contributed by atoms with Gasteiger partial charge in [-0.2, -0.15) is 0 Å². The maximum absolute atomic E-state index is 12.6. The van der Waals surface area contributed by atoms with Crippen LogP contribution in [0.2, 0.25) is 0 Å². The third-order valence-corrected chi connectivity index (χ3v) is 7.88. The second kappa shape index (κ2) is 8.88. The van der Waals surface area contributed by atoms with Gasteiger partial charge in [-0.25, -0.2) is 13.1 Å². The minimum atomic E-state index is -3.50. The molecule has 7 heteroatoms. The maximum Gasteiger partial charge on any atom is 0.303 e. The van der Waals surface area contributed by atoms with Gasteiger partial charge in [-0.3, -0.25) is 4.79 Å². The zero-order chi connectivity index (χ0) is 19.4. The summed E-state index contributed by atoms with van der Waals surface area (Å²) in [6.45, 7) is 0.462. The number of carbonyl (C=O) groups is 1. The number of unbranched alkanes of at least 4 members (excludes halogenated alkanes) is 1. The Kier molecular flexibility index (Phi) is 6.76. The van der Waals surface area contributed by atoms with Gasteiger partial charge in [0.05, 0.1) is 4.90 Å². The van der Waals surface area contributed by atoms with Crippen molar-refractivity contribution in [3.63, 3.8) is 0 Å². The molecule has 4 unspecified atom stereocenters. The number of halogens is 1. The number of aliphatic carboxylic acids is 1. The van der Waals surface area contributed by atoms with Gasteiger partial charge in [0.25, 0.3) is 0 Å². The van der Waals surface area contributed by atoms with Crippen molar-refractivity contribution in [3.8, 4) is 0 Å². The summed E-state index contributed by atoms with van der Waals surface area (Å²) < 4.78 is 28.8. The van der Waals surface area contributed by atoms with Crippen LogP contribution in [0.15, 0.2) is 45.8 Å². The maximum atomic E-state index is 12.6. The number of carboxylic acids is 1. The molecule has 2 fully saturated rings. The number of sulfonamides is 1. The molecule has 0 amide bonds. The van der Waals surface area contributed by atoms with Crippen LogP contribution in [0.3, 0.4) is 0 Å². The fraction of sp³-hybridized carbons (Fsp3) is 0.550. The zero-order valence-corrected chi connectivity index (χ0v) is 17.6. The van der Waals surface area contributed by atoms with E-state index in [1.54, 1.807) is 24.3 Å². The third kappa shape index (κ3) is 5.21. The Labute approximate surface area is 169 Å². The van der Waals surface area contributed by atoms with Crippen molar-refractivity contribution in [3.05, 3.63) is 40.9 Å². The summed E-state index contributed by atoms with van der Waals surface area (Å²) in [6.07, 6.45) is 9.47. The van der Waals surface area contributed by atoms with Crippen molar-refractivity contribution >= 4 is 31.9 Å². The second-order valence-electron chi connectivity index (χ2n) is 7.59. The molecule has 3 rings (SSSR count). The lowest BCUT2D eigenvalue weighted by molar-refractivity contribution is -0.137. The summed E-state index contributed by atoms with van der Waals surface area (Å²) in [5.74, 6) is 1.17. The van der Waals surface area contributed by atoms with Gasteiger partial charge in [-0.15, -0.1) is 0 Å². The first kappa shape index (κ1) is 20.6. The number of fused-ring (bicyclic) bond motifs is 2. The van der Waals surface area contributed by atoms with Crippen LogP contribution in [-0.2, 0) is 14.8 Å². The Morgan fingerprint density at radius 2 is 1.93 bits per heavy atom. The van der Waals surface area contributed by atoms with E-state index in [0.717, 1.165) is 10.9 Å². The van der Waals surface area contributed by atoms with E-state index in [0.29, 0.717) is 36.6 Å². The summed E-state index contributed by atoms with van der Waals surface area (Å²) in [5.41, 5.74) is 0. The SMILES string of the molecule is O=C(O)CCCC=CC1C2CCC(C2)C1CNS(=O)(=O)c1ccc(Br)cc1. The normalized spacial score (nSPS) is 27.4. The van der Waals surface area contributed by atoms with Crippen LogP contribution in [0, 0.1) is 23.7 Å². The lowest BCUT2D eigenvalue weighted by Crippen LogP contribution is -2.35. The summed E-state index contributed by atoms with van der Waals surface area (Å²) >= 11 is 3.32. The van der Waals surface area contributed by atoms with Gasteiger partial charge in [-0.05, 0) is 80.0 Å². The summed E-state index contributed by atoms with van der Waals surface area (Å²) in [5, 5.41) is 8.72. The molecule has 2 N–H and O–H groups in total. The van der Waals surface area contributed by atoms with Crippen LogP contribution in [0.5, 0.6) is 0 Å². The molecule has 2 bridgehead atoms. The van der Waals surface area contributed by atoms with E-state index in [2.05, 4.69) is 32.8 Å². The number of benzene rings is 1. The summed E-state index contributed by atoms with van der Waals surface area (Å²) in [4.78, 5) is 10.9. The number of allylic oxidation sites excluding steroid dienone is 2. The topological polar surface area (TPSA) is 83.5 Å². The average molecular weight is 456 g/mol. The fourth-order valence-corrected chi connectivity index (χ4v) is 5.92. The Balaban J connectivity index is 1.59. The highest BCUT2D eigenvalue weighted by Gasteiger charge is 2.46. The number of hydrogen-bond donors (Lipinski definition) is 2. The molecule has 2 aliphatic carbocycles. The van der Waals surface area contributed by atoms with Crippen LogP contribution < -0.4 is 4.72 Å². The average Bonchev–Trinajstić information content (AvgIpc) is 3.21. The largest absolute Gasteiger partial charge is 0.481 e. The van der Waals surface area contributed by atoms with E-state index in [1.165, 1.54) is 19.3 Å². The lowest BCUT2D eigenvalue weighted by atomic mass is 9.79. The van der Waals surface area contributed by atoms with E-state index >= 15 is 0 Å². The molecule has 0 saturated heterocycles. The van der Waals surface area contributed by atoms with Crippen molar-refractivity contribution in [2.45, 2.75) is 43.4 Å². The van der Waals surface area contributed by atoms with Gasteiger partial charge < -0.3 is 5.11 Å². The molecular formula is C20H26BrNO4S. The van der Waals surface area contributed by atoms with E-state index in [1.807, 2.05) is 0 Å². The highest BCUT2D eigenvalue weighted by atomic mass is 79.9. The molecule has 1 aromatic rings. The monoisotopic (exact) mass is 455 g/mol. The molecular weight excluding hydrogens is 430 g/mol. The molecule has 0 heterocycles. The predicted molar refractivity (Wildman–Crippen MR) is 108 cm³/mol. The smallest absolute Gasteiger partial charge is 0.303 e. The fourth-order valence-electron chi connectivity index (χ4n) is 4.59. The van der Waals surface area contributed by atoms with Crippen LogP contribution >= 0.6 is 15.9 Å². The molecule has 5 nitrogen and oxygen atoms in total.